The van der Waals surface area contributed by atoms with E-state index in [9.17, 15) is 30.6 Å². The molecule has 122 heavy (non-hydrogen) atoms. The van der Waals surface area contributed by atoms with E-state index in [2.05, 4.69) is 305 Å². The number of hydrogen-bond donors (Lipinski definition) is 8. The molecule has 0 fully saturated rings. The predicted molar refractivity (Wildman–Crippen MR) is 500 cm³/mol. The smallest absolute Gasteiger partial charge is 0.125 e. The molecule has 2 aliphatic carbocycles. The average Bonchev–Trinajstić information content (AvgIpc) is 0.764. The minimum Gasteiger partial charge on any atom is -0.508 e. The van der Waals surface area contributed by atoms with E-state index < -0.39 is 0 Å². The maximum Gasteiger partial charge on any atom is 0.125 e. The Balaban J connectivity index is 0.000000264. The number of phenols is 8. The zero-order valence-electron chi connectivity index (χ0n) is 79.9. The van der Waals surface area contributed by atoms with E-state index in [1.807, 2.05) is 24.3 Å². The van der Waals surface area contributed by atoms with E-state index in [-0.39, 0.29) is 132 Å². The molecule has 10 nitrogen and oxygen atoms in total. The molecule has 10 aromatic carbocycles. The molecule has 0 saturated heterocycles. The van der Waals surface area contributed by atoms with Crippen LogP contribution in [0.5, 0.6) is 57.5 Å². The molecule has 0 aliphatic heterocycles. The van der Waals surface area contributed by atoms with Crippen LogP contribution in [0.2, 0.25) is 0 Å². The number of rotatable bonds is 2. The number of methoxy groups -OCH3 is 2. The van der Waals surface area contributed by atoms with Crippen molar-refractivity contribution < 1.29 is 93.8 Å². The van der Waals surface area contributed by atoms with E-state index in [0.29, 0.717) is 62.9 Å². The SMILES string of the molecule is CC(C)(C)c1ccc(O)cc1.CC(C)(C)c1ccc(O)cc1.COc1c2cc(C(C)(C)C)cc1Cc1cc(C(C)(C)C)cc(c1O)Cc1cc(C(C)(C)C)cc(c1O)Cc1cc(C(C)(C)C)cc(c1O)C2.COc1c2cc(C(C)(C)C)cc1Cc1cc(C(C)(C)C)cc(c1O)Cc1cc(C(C)(C)C)cc(c1O)Cc1cc(C(C)(C)C)cc(c1O)C2.[Ti].[Ti]. The molecule has 0 heterocycles. The molecule has 10 aromatic rings. The summed E-state index contributed by atoms with van der Waals surface area (Å²) in [5.74, 6) is 3.67. The van der Waals surface area contributed by atoms with Gasteiger partial charge in [0.1, 0.15) is 57.5 Å². The van der Waals surface area contributed by atoms with Crippen LogP contribution in [0.25, 0.3) is 0 Å². The molecule has 16 bridgehead atoms. The molecule has 8 N–H and O–H groups in total. The van der Waals surface area contributed by atoms with E-state index in [0.717, 1.165) is 134 Å². The second-order valence-corrected chi connectivity index (χ2v) is 44.5. The van der Waals surface area contributed by atoms with Gasteiger partial charge in [-0.2, -0.15) is 0 Å². The van der Waals surface area contributed by atoms with Gasteiger partial charge in [-0.25, -0.2) is 0 Å². The minimum absolute atomic E-state index is 0. The molecule has 0 spiro atoms. The van der Waals surface area contributed by atoms with Crippen LogP contribution in [0, 0.1) is 0 Å². The standard InChI is InChI=1S/2C45H58O4.2C10H14O.2Ti/c2*1-42(2,3)34-18-26-14-28-20-35(43(4,5)6)22-30(39(28)47)16-32-24-37(45(10,11)12)25-33(41(32)49-13)17-31-23-36(44(7,8)9)21-29(40(31)48)15-27(19-34)38(26)46;2*1-10(2,3)8-4-6-9(11)7-5-8;;/h2*18-25,46-48H,14-17H2,1-13H3;2*4-7,11H,1-3H3;;. The maximum absolute atomic E-state index is 12.0. The molecule has 0 aromatic heterocycles. The minimum atomic E-state index is -0.178. The zero-order chi connectivity index (χ0) is 89.8. The molecule has 12 heteroatoms. The first kappa shape index (κ1) is 101. The number of benzene rings is 10. The summed E-state index contributed by atoms with van der Waals surface area (Å²) in [6, 6.07) is 48.9. The van der Waals surface area contributed by atoms with Crippen molar-refractivity contribution >= 4 is 0 Å². The summed E-state index contributed by atoms with van der Waals surface area (Å²) in [7, 11) is 3.43. The van der Waals surface area contributed by atoms with Crippen molar-refractivity contribution in [2.45, 2.75) is 313 Å². The molecule has 0 saturated carbocycles. The van der Waals surface area contributed by atoms with Crippen molar-refractivity contribution in [1.29, 1.82) is 0 Å². The van der Waals surface area contributed by atoms with Crippen molar-refractivity contribution in [3.05, 3.63) is 290 Å². The quantitative estimate of drug-likeness (QED) is 0.0776. The molecule has 652 valence electrons. The maximum atomic E-state index is 12.0. The fourth-order valence-electron chi connectivity index (χ4n) is 15.8. The third kappa shape index (κ3) is 24.6. The van der Waals surface area contributed by atoms with Gasteiger partial charge in [-0.15, -0.1) is 0 Å². The van der Waals surface area contributed by atoms with Crippen molar-refractivity contribution in [2.75, 3.05) is 14.2 Å². The van der Waals surface area contributed by atoms with E-state index in [4.69, 9.17) is 19.7 Å². The van der Waals surface area contributed by atoms with E-state index >= 15 is 0 Å². The fourth-order valence-corrected chi connectivity index (χ4v) is 15.8. The van der Waals surface area contributed by atoms with Gasteiger partial charge >= 0.3 is 0 Å². The summed E-state index contributed by atoms with van der Waals surface area (Å²) in [6.45, 7) is 65.6. The molecule has 2 aliphatic rings. The van der Waals surface area contributed by atoms with Gasteiger partial charge in [-0.3, -0.25) is 0 Å². The zero-order valence-corrected chi connectivity index (χ0v) is 83.0. The van der Waals surface area contributed by atoms with Gasteiger partial charge in [-0.05, 0) is 223 Å². The van der Waals surface area contributed by atoms with E-state index in [1.54, 1.807) is 38.5 Å². The van der Waals surface area contributed by atoms with Gasteiger partial charge in [0.2, 0.25) is 0 Å². The first-order valence-corrected chi connectivity index (χ1v) is 43.1. The Morgan fingerprint density at radius 2 is 0.279 bits per heavy atom. The van der Waals surface area contributed by atoms with Crippen molar-refractivity contribution in [1.82, 2.24) is 0 Å². The Morgan fingerprint density at radius 1 is 0.172 bits per heavy atom. The van der Waals surface area contributed by atoms with Crippen LogP contribution in [0.1, 0.15) is 352 Å². The van der Waals surface area contributed by atoms with Crippen molar-refractivity contribution in [3.63, 3.8) is 0 Å². The van der Waals surface area contributed by atoms with Gasteiger partial charge in [0, 0.05) is 94.8 Å². The number of fused-ring (bicyclic) bond motifs is 16. The number of hydrogen-bond acceptors (Lipinski definition) is 10. The van der Waals surface area contributed by atoms with Crippen LogP contribution in [0.3, 0.4) is 0 Å². The second kappa shape index (κ2) is 37.4. The van der Waals surface area contributed by atoms with Gasteiger partial charge in [-0.1, -0.05) is 329 Å². The van der Waals surface area contributed by atoms with Gasteiger partial charge in [0.15, 0.2) is 0 Å². The van der Waals surface area contributed by atoms with E-state index in [1.165, 1.54) is 22.3 Å². The van der Waals surface area contributed by atoms with Crippen LogP contribution < -0.4 is 9.47 Å². The molecule has 0 unspecified atom stereocenters. The fraction of sp³-hybridized carbons (Fsp3) is 0.455. The Kier molecular flexibility index (Phi) is 30.9. The Labute approximate surface area is 763 Å². The van der Waals surface area contributed by atoms with Crippen LogP contribution in [0.15, 0.2) is 146 Å². The normalized spacial score (nSPS) is 13.4. The molecule has 0 radical (unpaired) electrons. The second-order valence-electron chi connectivity index (χ2n) is 44.5. The Bertz CT molecular complexity index is 4800. The van der Waals surface area contributed by atoms with Gasteiger partial charge in [0.25, 0.3) is 0 Å². The summed E-state index contributed by atoms with van der Waals surface area (Å²) in [4.78, 5) is 0. The summed E-state index contributed by atoms with van der Waals surface area (Å²) in [6.07, 6.45) is 3.38. The summed E-state index contributed by atoms with van der Waals surface area (Å²) in [5, 5.41) is 90.0. The van der Waals surface area contributed by atoms with Crippen molar-refractivity contribution in [3.8, 4) is 57.5 Å². The number of phenolic OH excluding ortho intramolecular Hbond substituents is 8. The molecule has 0 amide bonds. The van der Waals surface area contributed by atoms with Crippen LogP contribution in [-0.2, 0) is 149 Å². The van der Waals surface area contributed by atoms with Crippen LogP contribution in [0.4, 0.5) is 0 Å². The largest absolute Gasteiger partial charge is 0.508 e. The number of ether oxygens (including phenoxy) is 2. The predicted octanol–water partition coefficient (Wildman–Crippen LogP) is 26.7. The molecule has 12 rings (SSSR count). The van der Waals surface area contributed by atoms with Gasteiger partial charge < -0.3 is 50.3 Å². The summed E-state index contributed by atoms with van der Waals surface area (Å²) < 4.78 is 12.4. The van der Waals surface area contributed by atoms with Crippen LogP contribution in [-0.4, -0.2) is 55.1 Å². The molecule has 0 atom stereocenters. The third-order valence-electron chi connectivity index (χ3n) is 23.9. The number of aromatic hydroxyl groups is 8. The first-order valence-electron chi connectivity index (χ1n) is 43.1. The monoisotopic (exact) mass is 1720 g/mol. The molecular formula is C110H144O10Ti2. The summed E-state index contributed by atoms with van der Waals surface area (Å²) in [5.41, 5.74) is 24.1. The third-order valence-corrected chi connectivity index (χ3v) is 23.9. The molecular weight excluding hydrogens is 1580 g/mol. The average molecular weight is 1720 g/mol. The Morgan fingerprint density at radius 3 is 0.385 bits per heavy atom. The van der Waals surface area contributed by atoms with Crippen molar-refractivity contribution in [2.24, 2.45) is 0 Å². The topological polar surface area (TPSA) is 180 Å². The summed E-state index contributed by atoms with van der Waals surface area (Å²) >= 11 is 0. The van der Waals surface area contributed by atoms with Crippen LogP contribution >= 0.6 is 0 Å². The first-order chi connectivity index (χ1) is 54.9. The Hall–Kier alpha value is -8.37. The van der Waals surface area contributed by atoms with Gasteiger partial charge in [0.05, 0.1) is 14.2 Å².